The second-order valence-electron chi connectivity index (χ2n) is 7.37. The number of ether oxygens (including phenoxy) is 1. The minimum Gasteiger partial charge on any atom is -0.452 e. The van der Waals surface area contributed by atoms with Crippen LogP contribution in [0.3, 0.4) is 0 Å². The summed E-state index contributed by atoms with van der Waals surface area (Å²) < 4.78 is 5.39. The second-order valence-corrected chi connectivity index (χ2v) is 7.37. The maximum Gasteiger partial charge on any atom is 0.339 e. The third-order valence-electron chi connectivity index (χ3n) is 5.62. The number of carbonyl (C=O) groups excluding carboxylic acids is 2. The number of nitrogens with zero attached hydrogens (tertiary/aromatic N) is 2. The topological polar surface area (TPSA) is 70.4 Å². The van der Waals surface area contributed by atoms with Crippen LogP contribution in [0.2, 0.25) is 0 Å². The highest BCUT2D eigenvalue weighted by molar-refractivity contribution is 5.98. The van der Waals surface area contributed by atoms with E-state index in [1.807, 2.05) is 65.8 Å². The number of nitriles is 1. The molecule has 29 heavy (non-hydrogen) atoms. The van der Waals surface area contributed by atoms with E-state index in [2.05, 4.69) is 6.07 Å². The molecule has 0 unspecified atom stereocenters. The van der Waals surface area contributed by atoms with Crippen molar-refractivity contribution in [1.82, 2.24) is 0 Å². The fraction of sp³-hybridized carbons (Fsp3) is 0.375. The number of carbonyl (C=O) groups is 2. The van der Waals surface area contributed by atoms with E-state index < -0.39 is 5.97 Å². The summed E-state index contributed by atoms with van der Waals surface area (Å²) in [6.07, 6.45) is 0.197. The van der Waals surface area contributed by atoms with Gasteiger partial charge in [0.25, 0.3) is 5.91 Å². The standard InChI is InChI=1S/C24H28N2O3/c1-15-8-10-21(11-9-15)26(13-7-12-25)22(27)14-29-24(28)23-19(5)17(3)16(2)18(4)20(23)6/h8-11H,7,13-14H2,1-6H3. The van der Waals surface area contributed by atoms with Crippen LogP contribution in [0.5, 0.6) is 0 Å². The summed E-state index contributed by atoms with van der Waals surface area (Å²) in [7, 11) is 0. The van der Waals surface area contributed by atoms with Crippen molar-refractivity contribution in [3.63, 3.8) is 0 Å². The fourth-order valence-electron chi connectivity index (χ4n) is 3.37. The van der Waals surface area contributed by atoms with Gasteiger partial charge in [0.2, 0.25) is 0 Å². The third-order valence-corrected chi connectivity index (χ3v) is 5.62. The van der Waals surface area contributed by atoms with Gasteiger partial charge in [-0.05, 0) is 81.5 Å². The molecule has 152 valence electrons. The highest BCUT2D eigenvalue weighted by Gasteiger charge is 2.22. The average Bonchev–Trinajstić information content (AvgIpc) is 2.70. The van der Waals surface area contributed by atoms with Crippen molar-refractivity contribution in [3.05, 3.63) is 63.2 Å². The van der Waals surface area contributed by atoms with Gasteiger partial charge in [0.1, 0.15) is 0 Å². The monoisotopic (exact) mass is 392 g/mol. The van der Waals surface area contributed by atoms with Gasteiger partial charge >= 0.3 is 5.97 Å². The van der Waals surface area contributed by atoms with Gasteiger partial charge in [0, 0.05) is 12.2 Å². The Bertz CT molecular complexity index is 940. The normalized spacial score (nSPS) is 10.4. The van der Waals surface area contributed by atoms with Crippen molar-refractivity contribution in [2.45, 2.75) is 48.0 Å². The van der Waals surface area contributed by atoms with E-state index in [0.717, 1.165) is 33.4 Å². The van der Waals surface area contributed by atoms with Crippen LogP contribution in [0.4, 0.5) is 5.69 Å². The van der Waals surface area contributed by atoms with Crippen molar-refractivity contribution in [2.75, 3.05) is 18.1 Å². The molecular formula is C24H28N2O3. The van der Waals surface area contributed by atoms with E-state index in [1.165, 1.54) is 4.90 Å². The SMILES string of the molecule is Cc1ccc(N(CCC#N)C(=O)COC(=O)c2c(C)c(C)c(C)c(C)c2C)cc1. The molecule has 0 N–H and O–H groups in total. The number of esters is 1. The predicted molar refractivity (Wildman–Crippen MR) is 114 cm³/mol. The first-order valence-corrected chi connectivity index (χ1v) is 9.67. The molecule has 0 saturated heterocycles. The maximum absolute atomic E-state index is 12.8. The Hall–Kier alpha value is -3.13. The Morgan fingerprint density at radius 2 is 1.41 bits per heavy atom. The number of anilines is 1. The molecule has 0 radical (unpaired) electrons. The number of rotatable bonds is 6. The molecule has 0 aliphatic carbocycles. The lowest BCUT2D eigenvalue weighted by Gasteiger charge is -2.22. The highest BCUT2D eigenvalue weighted by Crippen LogP contribution is 2.26. The number of amides is 1. The van der Waals surface area contributed by atoms with Gasteiger partial charge in [-0.2, -0.15) is 5.26 Å². The molecule has 2 rings (SSSR count). The molecule has 2 aromatic carbocycles. The van der Waals surface area contributed by atoms with E-state index in [9.17, 15) is 9.59 Å². The maximum atomic E-state index is 12.8. The lowest BCUT2D eigenvalue weighted by atomic mass is 9.90. The van der Waals surface area contributed by atoms with Crippen LogP contribution in [0.15, 0.2) is 24.3 Å². The molecule has 5 heteroatoms. The molecule has 0 heterocycles. The first-order valence-electron chi connectivity index (χ1n) is 9.67. The van der Waals surface area contributed by atoms with Gasteiger partial charge in [0.15, 0.2) is 6.61 Å². The van der Waals surface area contributed by atoms with Crippen molar-refractivity contribution >= 4 is 17.6 Å². The van der Waals surface area contributed by atoms with Gasteiger partial charge in [-0.1, -0.05) is 17.7 Å². The Kier molecular flexibility index (Phi) is 7.17. The van der Waals surface area contributed by atoms with Crippen LogP contribution in [0.25, 0.3) is 0 Å². The van der Waals surface area contributed by atoms with E-state index in [1.54, 1.807) is 0 Å². The first-order chi connectivity index (χ1) is 13.7. The van der Waals surface area contributed by atoms with Crippen molar-refractivity contribution < 1.29 is 14.3 Å². The second kappa shape index (κ2) is 9.38. The summed E-state index contributed by atoms with van der Waals surface area (Å²) in [5.74, 6) is -0.850. The minimum absolute atomic E-state index is 0.197. The molecule has 0 aliphatic heterocycles. The number of benzene rings is 2. The molecule has 0 aromatic heterocycles. The minimum atomic E-state index is -0.497. The zero-order chi connectivity index (χ0) is 21.7. The van der Waals surface area contributed by atoms with Gasteiger partial charge in [0.05, 0.1) is 18.1 Å². The molecule has 0 bridgehead atoms. The van der Waals surface area contributed by atoms with Gasteiger partial charge in [-0.15, -0.1) is 0 Å². The summed E-state index contributed by atoms with van der Waals surface area (Å²) >= 11 is 0. The van der Waals surface area contributed by atoms with Gasteiger partial charge in [-0.25, -0.2) is 4.79 Å². The zero-order valence-corrected chi connectivity index (χ0v) is 18.0. The van der Waals surface area contributed by atoms with Crippen LogP contribution in [-0.2, 0) is 9.53 Å². The quantitative estimate of drug-likeness (QED) is 0.672. The predicted octanol–water partition coefficient (Wildman–Crippen LogP) is 4.64. The van der Waals surface area contributed by atoms with E-state index in [-0.39, 0.29) is 25.5 Å². The molecule has 0 aliphatic rings. The first kappa shape index (κ1) is 22.2. The molecule has 2 aromatic rings. The fourth-order valence-corrected chi connectivity index (χ4v) is 3.37. The third kappa shape index (κ3) is 4.83. The average molecular weight is 392 g/mol. The Morgan fingerprint density at radius 1 is 0.897 bits per heavy atom. The smallest absolute Gasteiger partial charge is 0.339 e. The van der Waals surface area contributed by atoms with E-state index >= 15 is 0 Å². The van der Waals surface area contributed by atoms with Crippen LogP contribution in [0.1, 0.15) is 50.2 Å². The Balaban J connectivity index is 2.21. The van der Waals surface area contributed by atoms with Crippen LogP contribution in [0, 0.1) is 52.9 Å². The molecule has 0 fully saturated rings. The summed E-state index contributed by atoms with van der Waals surface area (Å²) in [5, 5.41) is 8.92. The van der Waals surface area contributed by atoms with Crippen molar-refractivity contribution in [3.8, 4) is 6.07 Å². The van der Waals surface area contributed by atoms with Crippen LogP contribution < -0.4 is 4.90 Å². The number of aryl methyl sites for hydroxylation is 1. The highest BCUT2D eigenvalue weighted by atomic mass is 16.5. The summed E-state index contributed by atoms with van der Waals surface area (Å²) in [5.41, 5.74) is 7.31. The summed E-state index contributed by atoms with van der Waals surface area (Å²) in [6, 6.07) is 9.51. The Morgan fingerprint density at radius 3 is 1.93 bits per heavy atom. The molecule has 0 atom stereocenters. The van der Waals surface area contributed by atoms with Crippen LogP contribution in [-0.4, -0.2) is 25.0 Å². The summed E-state index contributed by atoms with van der Waals surface area (Å²) in [4.78, 5) is 27.0. The van der Waals surface area contributed by atoms with Crippen molar-refractivity contribution in [1.29, 1.82) is 5.26 Å². The van der Waals surface area contributed by atoms with Crippen LogP contribution >= 0.6 is 0 Å². The van der Waals surface area contributed by atoms with Gasteiger partial charge in [-0.3, -0.25) is 4.79 Å². The van der Waals surface area contributed by atoms with Gasteiger partial charge < -0.3 is 9.64 Å². The largest absolute Gasteiger partial charge is 0.452 e. The zero-order valence-electron chi connectivity index (χ0n) is 18.0. The molecular weight excluding hydrogens is 364 g/mol. The molecule has 0 spiro atoms. The van der Waals surface area contributed by atoms with E-state index in [0.29, 0.717) is 11.3 Å². The molecule has 5 nitrogen and oxygen atoms in total. The lowest BCUT2D eigenvalue weighted by molar-refractivity contribution is -0.121. The number of hydrogen-bond donors (Lipinski definition) is 0. The van der Waals surface area contributed by atoms with Crippen molar-refractivity contribution in [2.24, 2.45) is 0 Å². The van der Waals surface area contributed by atoms with E-state index in [4.69, 9.17) is 10.00 Å². The molecule has 1 amide bonds. The lowest BCUT2D eigenvalue weighted by Crippen LogP contribution is -2.35. The molecule has 0 saturated carbocycles. The summed E-state index contributed by atoms with van der Waals surface area (Å²) in [6.45, 7) is 11.7. The Labute approximate surface area is 172 Å². The number of hydrogen-bond acceptors (Lipinski definition) is 4.